The molecular weight excluding hydrogens is 420 g/mol. The Morgan fingerprint density at radius 2 is 2.03 bits per heavy atom. The van der Waals surface area contributed by atoms with Crippen molar-refractivity contribution in [3.05, 3.63) is 64.7 Å². The van der Waals surface area contributed by atoms with E-state index in [-0.39, 0.29) is 5.56 Å². The molecule has 1 aliphatic heterocycles. The molecule has 3 N–H and O–H groups in total. The van der Waals surface area contributed by atoms with E-state index >= 15 is 0 Å². The number of nitrogens with zero attached hydrogens (tertiary/aromatic N) is 3. The van der Waals surface area contributed by atoms with Crippen molar-refractivity contribution in [2.75, 3.05) is 44.0 Å². The maximum absolute atomic E-state index is 11.8. The quantitative estimate of drug-likeness (QED) is 0.382. The van der Waals surface area contributed by atoms with Crippen LogP contribution in [0.3, 0.4) is 0 Å². The molecule has 33 heavy (non-hydrogen) atoms. The molecule has 0 atom stereocenters. The molecule has 4 rings (SSSR count). The Hall–Kier alpha value is -3.59. The highest BCUT2D eigenvalue weighted by atomic mass is 16.5. The number of rotatable bonds is 11. The Kier molecular flexibility index (Phi) is 7.76. The van der Waals surface area contributed by atoms with Crippen LogP contribution in [0.2, 0.25) is 0 Å². The van der Waals surface area contributed by atoms with Gasteiger partial charge in [-0.15, -0.1) is 0 Å². The van der Waals surface area contributed by atoms with Crippen LogP contribution in [-0.2, 0) is 6.54 Å². The normalized spacial score (nSPS) is 13.6. The summed E-state index contributed by atoms with van der Waals surface area (Å²) in [6.45, 7) is 4.44. The van der Waals surface area contributed by atoms with Gasteiger partial charge in [0, 0.05) is 42.8 Å². The summed E-state index contributed by atoms with van der Waals surface area (Å²) in [5.41, 5.74) is 1.30. The molecule has 0 saturated carbocycles. The first-order valence-corrected chi connectivity index (χ1v) is 11.2. The van der Waals surface area contributed by atoms with Gasteiger partial charge in [0.2, 0.25) is 5.95 Å². The lowest BCUT2D eigenvalue weighted by Crippen LogP contribution is -2.21. The van der Waals surface area contributed by atoms with Gasteiger partial charge in [-0.3, -0.25) is 4.79 Å². The van der Waals surface area contributed by atoms with Gasteiger partial charge in [-0.1, -0.05) is 6.07 Å². The molecule has 3 heterocycles. The van der Waals surface area contributed by atoms with Crippen molar-refractivity contribution < 1.29 is 9.47 Å². The number of aromatic nitrogens is 3. The first-order valence-electron chi connectivity index (χ1n) is 11.2. The molecular formula is C24H30N6O3. The fraction of sp³-hybridized carbons (Fsp3) is 0.375. The minimum atomic E-state index is -0.122. The standard InChI is InChI=1S/C24H30N6O3/c1-32-20-8-7-19(16-21(20)33-15-5-14-30-12-2-3-13-30)28-24-26-11-9-22(29-24)27-17-18-6-4-10-25-23(18)31/h4,6-11,16H,2-3,5,12-15,17H2,1H3,(H,25,31)(H2,26,27,28,29). The van der Waals surface area contributed by atoms with Gasteiger partial charge in [-0.2, -0.15) is 4.98 Å². The predicted molar refractivity (Wildman–Crippen MR) is 128 cm³/mol. The van der Waals surface area contributed by atoms with E-state index in [4.69, 9.17) is 9.47 Å². The number of ether oxygens (including phenoxy) is 2. The molecule has 1 aliphatic rings. The second kappa shape index (κ2) is 11.3. The van der Waals surface area contributed by atoms with Crippen molar-refractivity contribution in [3.63, 3.8) is 0 Å². The van der Waals surface area contributed by atoms with Gasteiger partial charge in [-0.25, -0.2) is 4.98 Å². The number of anilines is 3. The number of methoxy groups -OCH3 is 1. The molecule has 0 amide bonds. The van der Waals surface area contributed by atoms with Crippen LogP contribution in [0.25, 0.3) is 0 Å². The first kappa shape index (κ1) is 22.6. The Bertz CT molecular complexity index is 1100. The fourth-order valence-corrected chi connectivity index (χ4v) is 3.77. The van der Waals surface area contributed by atoms with Crippen LogP contribution < -0.4 is 25.7 Å². The summed E-state index contributed by atoms with van der Waals surface area (Å²) in [4.78, 5) is 25.7. The Morgan fingerprint density at radius 3 is 2.85 bits per heavy atom. The zero-order valence-corrected chi connectivity index (χ0v) is 18.8. The van der Waals surface area contributed by atoms with E-state index in [0.717, 1.165) is 18.7 Å². The zero-order valence-electron chi connectivity index (χ0n) is 18.8. The maximum atomic E-state index is 11.8. The maximum Gasteiger partial charge on any atom is 0.252 e. The molecule has 1 aromatic carbocycles. The summed E-state index contributed by atoms with van der Waals surface area (Å²) in [6.07, 6.45) is 6.84. The van der Waals surface area contributed by atoms with Gasteiger partial charge in [-0.05, 0) is 56.6 Å². The van der Waals surface area contributed by atoms with E-state index in [0.29, 0.717) is 42.0 Å². The lowest BCUT2D eigenvalue weighted by atomic mass is 10.2. The van der Waals surface area contributed by atoms with E-state index in [1.54, 1.807) is 37.7 Å². The molecule has 0 radical (unpaired) electrons. The topological polar surface area (TPSA) is 104 Å². The number of likely N-dealkylation sites (tertiary alicyclic amines) is 1. The van der Waals surface area contributed by atoms with Crippen LogP contribution >= 0.6 is 0 Å². The molecule has 0 unspecified atom stereocenters. The summed E-state index contributed by atoms with van der Waals surface area (Å²) in [5.74, 6) is 2.42. The summed E-state index contributed by atoms with van der Waals surface area (Å²) in [5, 5.41) is 6.36. The van der Waals surface area contributed by atoms with Crippen LogP contribution in [-0.4, -0.2) is 53.2 Å². The number of hydrogen-bond donors (Lipinski definition) is 3. The SMILES string of the molecule is COc1ccc(Nc2nccc(NCc3ccc[nH]c3=O)n2)cc1OCCCN1CCCC1. The number of benzene rings is 1. The van der Waals surface area contributed by atoms with E-state index in [9.17, 15) is 4.79 Å². The molecule has 0 spiro atoms. The van der Waals surface area contributed by atoms with Crippen LogP contribution in [0.1, 0.15) is 24.8 Å². The largest absolute Gasteiger partial charge is 0.493 e. The lowest BCUT2D eigenvalue weighted by molar-refractivity contribution is 0.254. The second-order valence-corrected chi connectivity index (χ2v) is 7.88. The molecule has 9 nitrogen and oxygen atoms in total. The molecule has 1 fully saturated rings. The predicted octanol–water partition coefficient (Wildman–Crippen LogP) is 3.39. The average molecular weight is 451 g/mol. The molecule has 2 aromatic heterocycles. The molecule has 1 saturated heterocycles. The minimum absolute atomic E-state index is 0.122. The molecule has 9 heteroatoms. The minimum Gasteiger partial charge on any atom is -0.493 e. The van der Waals surface area contributed by atoms with Gasteiger partial charge < -0.3 is 30.0 Å². The van der Waals surface area contributed by atoms with Crippen molar-refractivity contribution in [2.24, 2.45) is 0 Å². The highest BCUT2D eigenvalue weighted by Crippen LogP contribution is 2.31. The van der Waals surface area contributed by atoms with Crippen molar-refractivity contribution >= 4 is 17.5 Å². The van der Waals surface area contributed by atoms with Gasteiger partial charge in [0.05, 0.1) is 13.7 Å². The highest BCUT2D eigenvalue weighted by Gasteiger charge is 2.12. The number of H-pyrrole nitrogens is 1. The fourth-order valence-electron chi connectivity index (χ4n) is 3.77. The Morgan fingerprint density at radius 1 is 1.15 bits per heavy atom. The van der Waals surface area contributed by atoms with Gasteiger partial charge >= 0.3 is 0 Å². The number of hydrogen-bond acceptors (Lipinski definition) is 8. The third kappa shape index (κ3) is 6.45. The van der Waals surface area contributed by atoms with E-state index in [1.807, 2.05) is 18.2 Å². The van der Waals surface area contributed by atoms with E-state index in [2.05, 4.69) is 30.5 Å². The van der Waals surface area contributed by atoms with Gasteiger partial charge in [0.1, 0.15) is 5.82 Å². The van der Waals surface area contributed by atoms with Crippen LogP contribution in [0.15, 0.2) is 53.6 Å². The van der Waals surface area contributed by atoms with Gasteiger partial charge in [0.15, 0.2) is 11.5 Å². The van der Waals surface area contributed by atoms with Crippen LogP contribution in [0.5, 0.6) is 11.5 Å². The van der Waals surface area contributed by atoms with Crippen molar-refractivity contribution in [1.29, 1.82) is 0 Å². The Labute approximate surface area is 193 Å². The smallest absolute Gasteiger partial charge is 0.252 e. The Balaban J connectivity index is 1.35. The average Bonchev–Trinajstić information content (AvgIpc) is 3.35. The number of nitrogens with one attached hydrogen (secondary N) is 3. The van der Waals surface area contributed by atoms with Crippen LogP contribution in [0, 0.1) is 0 Å². The second-order valence-electron chi connectivity index (χ2n) is 7.88. The first-order chi connectivity index (χ1) is 16.2. The van der Waals surface area contributed by atoms with Crippen molar-refractivity contribution in [3.8, 4) is 11.5 Å². The summed E-state index contributed by atoms with van der Waals surface area (Å²) in [7, 11) is 1.63. The van der Waals surface area contributed by atoms with Crippen molar-refractivity contribution in [1.82, 2.24) is 19.9 Å². The van der Waals surface area contributed by atoms with Gasteiger partial charge in [0.25, 0.3) is 5.56 Å². The number of aromatic amines is 1. The van der Waals surface area contributed by atoms with Crippen molar-refractivity contribution in [2.45, 2.75) is 25.8 Å². The monoisotopic (exact) mass is 450 g/mol. The summed E-state index contributed by atoms with van der Waals surface area (Å²) >= 11 is 0. The third-order valence-corrected chi connectivity index (χ3v) is 5.51. The summed E-state index contributed by atoms with van der Waals surface area (Å²) < 4.78 is 11.5. The summed E-state index contributed by atoms with van der Waals surface area (Å²) in [6, 6.07) is 11.0. The lowest BCUT2D eigenvalue weighted by Gasteiger charge is -2.16. The van der Waals surface area contributed by atoms with E-state index < -0.39 is 0 Å². The molecule has 174 valence electrons. The molecule has 0 aliphatic carbocycles. The number of pyridine rings is 1. The highest BCUT2D eigenvalue weighted by molar-refractivity contribution is 5.60. The molecule has 0 bridgehead atoms. The molecule has 3 aromatic rings. The van der Waals surface area contributed by atoms with E-state index in [1.165, 1.54) is 25.9 Å². The zero-order chi connectivity index (χ0) is 22.9. The van der Waals surface area contributed by atoms with Crippen LogP contribution in [0.4, 0.5) is 17.5 Å². The third-order valence-electron chi connectivity index (χ3n) is 5.51.